The lowest BCUT2D eigenvalue weighted by molar-refractivity contribution is -0.129. The van der Waals surface area contributed by atoms with Gasteiger partial charge in [-0.25, -0.2) is 0 Å². The number of hydrogen-bond donors (Lipinski definition) is 0. The summed E-state index contributed by atoms with van der Waals surface area (Å²) < 4.78 is 2.01. The van der Waals surface area contributed by atoms with E-state index in [0.717, 1.165) is 23.5 Å². The Morgan fingerprint density at radius 2 is 1.65 bits per heavy atom. The predicted molar refractivity (Wildman–Crippen MR) is 108 cm³/mol. The average Bonchev–Trinajstić information content (AvgIpc) is 2.81. The van der Waals surface area contributed by atoms with Gasteiger partial charge in [0.2, 0.25) is 5.91 Å². The summed E-state index contributed by atoms with van der Waals surface area (Å²) >= 11 is 0. The zero-order valence-electron chi connectivity index (χ0n) is 17.1. The van der Waals surface area contributed by atoms with E-state index in [1.807, 2.05) is 50.3 Å². The van der Waals surface area contributed by atoms with Crippen LogP contribution in [0.2, 0.25) is 0 Å². The van der Waals surface area contributed by atoms with Crippen LogP contribution in [0.3, 0.4) is 0 Å². The second kappa shape index (κ2) is 8.35. The molecule has 4 heteroatoms. The molecule has 140 valence electrons. The van der Waals surface area contributed by atoms with Crippen molar-refractivity contribution in [3.05, 3.63) is 58.4 Å². The lowest BCUT2D eigenvalue weighted by Crippen LogP contribution is -2.41. The van der Waals surface area contributed by atoms with E-state index in [4.69, 9.17) is 0 Å². The number of nitrogens with zero attached hydrogens (tertiary/aromatic N) is 3. The summed E-state index contributed by atoms with van der Waals surface area (Å²) in [6.07, 6.45) is 3.58. The first-order valence-electron chi connectivity index (χ1n) is 9.30. The van der Waals surface area contributed by atoms with Crippen molar-refractivity contribution in [2.24, 2.45) is 0 Å². The molecule has 1 heterocycles. The van der Waals surface area contributed by atoms with E-state index in [0.29, 0.717) is 0 Å². The molecule has 1 aromatic heterocycles. The van der Waals surface area contributed by atoms with Crippen LogP contribution in [0, 0.1) is 20.8 Å². The fourth-order valence-corrected chi connectivity index (χ4v) is 3.32. The highest BCUT2D eigenvalue weighted by Gasteiger charge is 2.18. The first-order valence-corrected chi connectivity index (χ1v) is 9.30. The Morgan fingerprint density at radius 1 is 1.08 bits per heavy atom. The second-order valence-electron chi connectivity index (χ2n) is 7.49. The van der Waals surface area contributed by atoms with Gasteiger partial charge in [-0.1, -0.05) is 29.8 Å². The largest absolute Gasteiger partial charge is 0.334 e. The molecule has 0 saturated carbocycles. The third kappa shape index (κ3) is 4.63. The minimum atomic E-state index is 0.0417. The summed E-state index contributed by atoms with van der Waals surface area (Å²) in [6.45, 7) is 15.0. The van der Waals surface area contributed by atoms with Crippen LogP contribution in [-0.2, 0) is 11.3 Å². The van der Waals surface area contributed by atoms with Crippen molar-refractivity contribution in [2.45, 2.75) is 67.1 Å². The summed E-state index contributed by atoms with van der Waals surface area (Å²) in [5.74, 6) is 0.0417. The highest BCUT2D eigenvalue weighted by atomic mass is 16.2. The lowest BCUT2D eigenvalue weighted by atomic mass is 10.1. The molecular weight excluding hydrogens is 322 g/mol. The Kier molecular flexibility index (Phi) is 6.41. The molecule has 2 aromatic rings. The molecule has 4 nitrogen and oxygen atoms in total. The van der Waals surface area contributed by atoms with Crippen molar-refractivity contribution in [1.82, 2.24) is 14.7 Å². The number of rotatable bonds is 6. The van der Waals surface area contributed by atoms with E-state index in [-0.39, 0.29) is 18.0 Å². The highest BCUT2D eigenvalue weighted by molar-refractivity contribution is 5.92. The van der Waals surface area contributed by atoms with Crippen molar-refractivity contribution in [3.63, 3.8) is 0 Å². The van der Waals surface area contributed by atoms with Gasteiger partial charge in [0.25, 0.3) is 0 Å². The molecule has 0 spiro atoms. The van der Waals surface area contributed by atoms with Crippen LogP contribution in [-0.4, -0.2) is 32.7 Å². The fraction of sp³-hybridized carbons (Fsp3) is 0.455. The van der Waals surface area contributed by atoms with Crippen LogP contribution in [0.5, 0.6) is 0 Å². The van der Waals surface area contributed by atoms with E-state index in [9.17, 15) is 4.79 Å². The maximum Gasteiger partial charge on any atom is 0.247 e. The smallest absolute Gasteiger partial charge is 0.247 e. The SMILES string of the molecule is Cc1ccc(Cn2nc(C)c(C=CC(=O)N(C(C)C)C(C)C)c2C)cc1. The van der Waals surface area contributed by atoms with Gasteiger partial charge in [-0.2, -0.15) is 5.10 Å². The molecule has 0 aliphatic rings. The lowest BCUT2D eigenvalue weighted by Gasteiger charge is -2.29. The van der Waals surface area contributed by atoms with Gasteiger partial charge in [-0.3, -0.25) is 9.48 Å². The first-order chi connectivity index (χ1) is 12.2. The van der Waals surface area contributed by atoms with Crippen molar-refractivity contribution in [1.29, 1.82) is 0 Å². The number of benzene rings is 1. The van der Waals surface area contributed by atoms with E-state index in [1.165, 1.54) is 11.1 Å². The Balaban J connectivity index is 2.21. The molecule has 0 aliphatic carbocycles. The molecule has 1 aromatic carbocycles. The zero-order valence-corrected chi connectivity index (χ0v) is 17.1. The zero-order chi connectivity index (χ0) is 19.4. The van der Waals surface area contributed by atoms with Gasteiger partial charge in [0.05, 0.1) is 12.2 Å². The molecule has 1 amide bonds. The summed E-state index contributed by atoms with van der Waals surface area (Å²) in [5, 5.41) is 4.66. The van der Waals surface area contributed by atoms with Crippen LogP contribution in [0.1, 0.15) is 55.8 Å². The van der Waals surface area contributed by atoms with Gasteiger partial charge in [0.15, 0.2) is 0 Å². The van der Waals surface area contributed by atoms with Crippen LogP contribution in [0.25, 0.3) is 6.08 Å². The number of aromatic nitrogens is 2. The summed E-state index contributed by atoms with van der Waals surface area (Å²) in [6, 6.07) is 8.86. The molecule has 0 bridgehead atoms. The van der Waals surface area contributed by atoms with Gasteiger partial charge in [-0.15, -0.1) is 0 Å². The van der Waals surface area contributed by atoms with Crippen molar-refractivity contribution >= 4 is 12.0 Å². The van der Waals surface area contributed by atoms with E-state index < -0.39 is 0 Å². The van der Waals surface area contributed by atoms with Gasteiger partial charge >= 0.3 is 0 Å². The highest BCUT2D eigenvalue weighted by Crippen LogP contribution is 2.17. The quantitative estimate of drug-likeness (QED) is 0.716. The number of carbonyl (C=O) groups is 1. The summed E-state index contributed by atoms with van der Waals surface area (Å²) in [4.78, 5) is 14.5. The molecule has 0 N–H and O–H groups in total. The Bertz CT molecular complexity index is 774. The van der Waals surface area contributed by atoms with Crippen LogP contribution < -0.4 is 0 Å². The number of amides is 1. The Hall–Kier alpha value is -2.36. The summed E-state index contributed by atoms with van der Waals surface area (Å²) in [7, 11) is 0. The van der Waals surface area contributed by atoms with Crippen LogP contribution >= 0.6 is 0 Å². The van der Waals surface area contributed by atoms with Gasteiger partial charge in [-0.05, 0) is 60.1 Å². The van der Waals surface area contributed by atoms with E-state index >= 15 is 0 Å². The molecule has 0 radical (unpaired) electrons. The molecule has 0 saturated heterocycles. The molecule has 0 fully saturated rings. The third-order valence-corrected chi connectivity index (χ3v) is 4.65. The van der Waals surface area contributed by atoms with Crippen molar-refractivity contribution in [3.8, 4) is 0 Å². The molecule has 2 rings (SSSR count). The van der Waals surface area contributed by atoms with Crippen molar-refractivity contribution < 1.29 is 4.79 Å². The number of aryl methyl sites for hydroxylation is 2. The van der Waals surface area contributed by atoms with Gasteiger partial charge in [0.1, 0.15) is 0 Å². The van der Waals surface area contributed by atoms with E-state index in [2.05, 4.69) is 43.2 Å². The standard InChI is InChI=1S/C22H31N3O/c1-15(2)25(16(3)4)22(26)13-12-21-18(6)23-24(19(21)7)14-20-10-8-17(5)9-11-20/h8-13,15-16H,14H2,1-7H3. The molecular formula is C22H31N3O. The Labute approximate surface area is 157 Å². The molecule has 0 unspecified atom stereocenters. The maximum atomic E-state index is 12.6. The van der Waals surface area contributed by atoms with Gasteiger partial charge in [0, 0.05) is 29.4 Å². The number of carbonyl (C=O) groups excluding carboxylic acids is 1. The van der Waals surface area contributed by atoms with E-state index in [1.54, 1.807) is 6.08 Å². The predicted octanol–water partition coefficient (Wildman–Crippen LogP) is 4.52. The van der Waals surface area contributed by atoms with Gasteiger partial charge < -0.3 is 4.90 Å². The fourth-order valence-electron chi connectivity index (χ4n) is 3.32. The maximum absolute atomic E-state index is 12.6. The first kappa shape index (κ1) is 20.0. The minimum absolute atomic E-state index is 0.0417. The molecule has 26 heavy (non-hydrogen) atoms. The molecule has 0 atom stereocenters. The third-order valence-electron chi connectivity index (χ3n) is 4.65. The second-order valence-corrected chi connectivity index (χ2v) is 7.49. The minimum Gasteiger partial charge on any atom is -0.334 e. The van der Waals surface area contributed by atoms with Crippen LogP contribution in [0.4, 0.5) is 0 Å². The summed E-state index contributed by atoms with van der Waals surface area (Å²) in [5.41, 5.74) is 5.52. The topological polar surface area (TPSA) is 38.1 Å². The molecule has 0 aliphatic heterocycles. The average molecular weight is 354 g/mol. The monoisotopic (exact) mass is 353 g/mol. The normalized spacial score (nSPS) is 11.7. The Morgan fingerprint density at radius 3 is 2.19 bits per heavy atom. The van der Waals surface area contributed by atoms with Crippen molar-refractivity contribution in [2.75, 3.05) is 0 Å². The number of hydrogen-bond acceptors (Lipinski definition) is 2. The van der Waals surface area contributed by atoms with Crippen LogP contribution in [0.15, 0.2) is 30.3 Å².